The molecule has 2 atom stereocenters. The quantitative estimate of drug-likeness (QED) is 0.867. The summed E-state index contributed by atoms with van der Waals surface area (Å²) >= 11 is 0. The Hall–Kier alpha value is -1.86. The molecule has 0 heterocycles. The predicted octanol–water partition coefficient (Wildman–Crippen LogP) is 3.87. The molecule has 22 heavy (non-hydrogen) atoms. The summed E-state index contributed by atoms with van der Waals surface area (Å²) in [6, 6.07) is 9.00. The summed E-state index contributed by atoms with van der Waals surface area (Å²) in [6.07, 6.45) is 6.70. The fourth-order valence-corrected chi connectivity index (χ4v) is 3.05. The van der Waals surface area contributed by atoms with Gasteiger partial charge in [0, 0.05) is 5.69 Å². The summed E-state index contributed by atoms with van der Waals surface area (Å²) < 4.78 is 5.93. The summed E-state index contributed by atoms with van der Waals surface area (Å²) in [7, 11) is 0. The maximum absolute atomic E-state index is 11.9. The predicted molar refractivity (Wildman–Crippen MR) is 86.4 cm³/mol. The van der Waals surface area contributed by atoms with Gasteiger partial charge in [-0.3, -0.25) is 4.79 Å². The number of ether oxygens (including phenoxy) is 1. The molecule has 2 rings (SSSR count). The van der Waals surface area contributed by atoms with E-state index in [-0.39, 0.29) is 5.91 Å². The van der Waals surface area contributed by atoms with Crippen molar-refractivity contribution < 1.29 is 9.53 Å². The molecule has 0 aliphatic heterocycles. The van der Waals surface area contributed by atoms with Crippen LogP contribution in [-0.4, -0.2) is 18.6 Å². The Labute approximate surface area is 132 Å². The second-order valence-electron chi connectivity index (χ2n) is 5.85. The van der Waals surface area contributed by atoms with Crippen molar-refractivity contribution in [2.45, 2.75) is 51.6 Å². The molecule has 0 aromatic heterocycles. The third-order valence-corrected chi connectivity index (χ3v) is 4.30. The van der Waals surface area contributed by atoms with Gasteiger partial charge < -0.3 is 10.1 Å². The lowest BCUT2D eigenvalue weighted by Gasteiger charge is -2.30. The van der Waals surface area contributed by atoms with E-state index in [0.717, 1.165) is 12.8 Å². The smallest absolute Gasteiger partial charge is 0.226 e. The maximum atomic E-state index is 11.9. The Morgan fingerprint density at radius 3 is 3.00 bits per heavy atom. The highest BCUT2D eigenvalue weighted by Gasteiger charge is 2.24. The molecule has 1 aliphatic carbocycles. The number of carbonyl (C=O) groups excluding carboxylic acids is 1. The van der Waals surface area contributed by atoms with Gasteiger partial charge >= 0.3 is 0 Å². The molecule has 1 aromatic rings. The molecular weight excluding hydrogens is 276 g/mol. The van der Waals surface area contributed by atoms with E-state index in [0.29, 0.717) is 36.3 Å². The third kappa shape index (κ3) is 4.85. The molecule has 0 bridgehead atoms. The summed E-state index contributed by atoms with van der Waals surface area (Å²) in [5, 5.41) is 11.7. The molecule has 1 N–H and O–H groups in total. The van der Waals surface area contributed by atoms with Crippen LogP contribution in [0.1, 0.15) is 51.0 Å². The van der Waals surface area contributed by atoms with E-state index in [4.69, 9.17) is 10.00 Å². The first-order chi connectivity index (χ1) is 10.7. The summed E-state index contributed by atoms with van der Waals surface area (Å²) in [5.41, 5.74) is 1.20. The monoisotopic (exact) mass is 300 g/mol. The lowest BCUT2D eigenvalue weighted by atomic mass is 9.85. The number of nitrogens with zero attached hydrogens (tertiary/aromatic N) is 1. The molecule has 1 amide bonds. The minimum Gasteiger partial charge on any atom is -0.377 e. The Balaban J connectivity index is 1.74. The minimum absolute atomic E-state index is 0.0704. The fourth-order valence-electron chi connectivity index (χ4n) is 3.05. The van der Waals surface area contributed by atoms with Crippen LogP contribution in [0.4, 0.5) is 5.69 Å². The molecule has 1 fully saturated rings. The van der Waals surface area contributed by atoms with Gasteiger partial charge in [0.25, 0.3) is 0 Å². The van der Waals surface area contributed by atoms with E-state index in [2.05, 4.69) is 18.3 Å². The molecule has 118 valence electrons. The first kappa shape index (κ1) is 16.5. The lowest BCUT2D eigenvalue weighted by Crippen LogP contribution is -2.28. The first-order valence-electron chi connectivity index (χ1n) is 8.14. The zero-order valence-electron chi connectivity index (χ0n) is 13.2. The van der Waals surface area contributed by atoms with Gasteiger partial charge in [0.1, 0.15) is 0 Å². The van der Waals surface area contributed by atoms with Crippen LogP contribution in [0.25, 0.3) is 0 Å². The Morgan fingerprint density at radius 2 is 2.23 bits per heavy atom. The number of carbonyl (C=O) groups is 1. The summed E-state index contributed by atoms with van der Waals surface area (Å²) in [5.74, 6) is 0.572. The molecule has 4 heteroatoms. The van der Waals surface area contributed by atoms with Crippen LogP contribution < -0.4 is 5.32 Å². The van der Waals surface area contributed by atoms with E-state index in [1.165, 1.54) is 19.3 Å². The van der Waals surface area contributed by atoms with Gasteiger partial charge in [-0.2, -0.15) is 5.26 Å². The van der Waals surface area contributed by atoms with Crippen molar-refractivity contribution in [3.63, 3.8) is 0 Å². The van der Waals surface area contributed by atoms with Crippen LogP contribution in [0, 0.1) is 17.2 Å². The first-order valence-corrected chi connectivity index (χ1v) is 8.14. The molecule has 0 spiro atoms. The Morgan fingerprint density at radius 1 is 1.41 bits per heavy atom. The zero-order chi connectivity index (χ0) is 15.8. The highest BCUT2D eigenvalue weighted by molar-refractivity contribution is 5.90. The number of amides is 1. The number of nitriles is 1. The molecule has 0 radical (unpaired) electrons. The topological polar surface area (TPSA) is 62.1 Å². The standard InChI is InChI=1S/C18H24N2O2/c1-2-15-7-3-4-9-17(15)22-11-10-18(21)20-16-8-5-6-14(12-16)13-19/h5-6,8,12,15,17H,2-4,7,9-11H2,1H3,(H,20,21). The number of nitrogens with one attached hydrogen (secondary N) is 1. The second kappa shape index (κ2) is 8.55. The SMILES string of the molecule is CCC1CCCCC1OCCC(=O)Nc1cccc(C#N)c1. The van der Waals surface area contributed by atoms with Gasteiger partial charge in [-0.1, -0.05) is 32.3 Å². The highest BCUT2D eigenvalue weighted by Crippen LogP contribution is 2.29. The zero-order valence-corrected chi connectivity index (χ0v) is 13.2. The van der Waals surface area contributed by atoms with E-state index >= 15 is 0 Å². The fraction of sp³-hybridized carbons (Fsp3) is 0.556. The van der Waals surface area contributed by atoms with Crippen molar-refractivity contribution in [1.82, 2.24) is 0 Å². The van der Waals surface area contributed by atoms with Crippen molar-refractivity contribution in [3.8, 4) is 6.07 Å². The van der Waals surface area contributed by atoms with Gasteiger partial charge in [0.05, 0.1) is 30.8 Å². The van der Waals surface area contributed by atoms with Crippen molar-refractivity contribution in [1.29, 1.82) is 5.26 Å². The number of rotatable bonds is 6. The van der Waals surface area contributed by atoms with E-state index in [1.807, 2.05) is 0 Å². The van der Waals surface area contributed by atoms with Crippen LogP contribution in [0.3, 0.4) is 0 Å². The van der Waals surface area contributed by atoms with Gasteiger partial charge in [-0.15, -0.1) is 0 Å². The summed E-state index contributed by atoms with van der Waals surface area (Å²) in [6.45, 7) is 2.67. The van der Waals surface area contributed by atoms with Crippen LogP contribution in [0.2, 0.25) is 0 Å². The molecule has 1 aromatic carbocycles. The number of hydrogen-bond acceptors (Lipinski definition) is 3. The number of anilines is 1. The molecule has 1 aliphatic rings. The lowest BCUT2D eigenvalue weighted by molar-refractivity contribution is -0.118. The Bertz CT molecular complexity index is 536. The van der Waals surface area contributed by atoms with Gasteiger partial charge in [-0.25, -0.2) is 0 Å². The molecule has 0 saturated heterocycles. The van der Waals surface area contributed by atoms with Crippen LogP contribution in [-0.2, 0) is 9.53 Å². The third-order valence-electron chi connectivity index (χ3n) is 4.30. The van der Waals surface area contributed by atoms with Crippen LogP contribution in [0.5, 0.6) is 0 Å². The van der Waals surface area contributed by atoms with E-state index in [1.54, 1.807) is 24.3 Å². The average Bonchev–Trinajstić information content (AvgIpc) is 2.55. The highest BCUT2D eigenvalue weighted by atomic mass is 16.5. The molecule has 4 nitrogen and oxygen atoms in total. The molecule has 1 saturated carbocycles. The minimum atomic E-state index is -0.0704. The van der Waals surface area contributed by atoms with E-state index < -0.39 is 0 Å². The van der Waals surface area contributed by atoms with Crippen molar-refractivity contribution in [2.24, 2.45) is 5.92 Å². The molecule has 2 unspecified atom stereocenters. The molecular formula is C18H24N2O2. The Kier molecular flexibility index (Phi) is 6.42. The van der Waals surface area contributed by atoms with Crippen molar-refractivity contribution in [2.75, 3.05) is 11.9 Å². The normalized spacial score (nSPS) is 21.1. The average molecular weight is 300 g/mol. The van der Waals surface area contributed by atoms with Crippen LogP contribution in [0.15, 0.2) is 24.3 Å². The second-order valence-corrected chi connectivity index (χ2v) is 5.85. The number of benzene rings is 1. The summed E-state index contributed by atoms with van der Waals surface area (Å²) in [4.78, 5) is 11.9. The van der Waals surface area contributed by atoms with Crippen molar-refractivity contribution in [3.05, 3.63) is 29.8 Å². The van der Waals surface area contributed by atoms with Gasteiger partial charge in [0.15, 0.2) is 0 Å². The van der Waals surface area contributed by atoms with Crippen molar-refractivity contribution >= 4 is 11.6 Å². The maximum Gasteiger partial charge on any atom is 0.226 e. The van der Waals surface area contributed by atoms with Gasteiger partial charge in [0.2, 0.25) is 5.91 Å². The van der Waals surface area contributed by atoms with E-state index in [9.17, 15) is 4.79 Å². The van der Waals surface area contributed by atoms with Crippen LogP contribution >= 0.6 is 0 Å². The largest absolute Gasteiger partial charge is 0.377 e. The number of hydrogen-bond donors (Lipinski definition) is 1. The van der Waals surface area contributed by atoms with Gasteiger partial charge in [-0.05, 0) is 37.0 Å².